The largest absolute Gasteiger partial charge is 0.353 e. The summed E-state index contributed by atoms with van der Waals surface area (Å²) in [5, 5.41) is 6.34. The third-order valence-electron chi connectivity index (χ3n) is 3.58. The number of anilines is 1. The van der Waals surface area contributed by atoms with Crippen LogP contribution >= 0.6 is 11.6 Å². The molecule has 0 aromatic heterocycles. The predicted octanol–water partition coefficient (Wildman–Crippen LogP) is 2.83. The van der Waals surface area contributed by atoms with Gasteiger partial charge in [-0.05, 0) is 44.0 Å². The molecular formula is C15H19ClN2O2. The van der Waals surface area contributed by atoms with Crippen LogP contribution in [0.1, 0.15) is 26.7 Å². The molecule has 0 aliphatic heterocycles. The molecule has 1 aromatic rings. The fraction of sp³-hybridized carbons (Fsp3) is 0.467. The Hall–Kier alpha value is -1.55. The first kappa shape index (κ1) is 14.9. The number of rotatable bonds is 5. The lowest BCUT2D eigenvalue weighted by Crippen LogP contribution is -2.34. The van der Waals surface area contributed by atoms with Crippen molar-refractivity contribution >= 4 is 29.1 Å². The topological polar surface area (TPSA) is 58.2 Å². The standard InChI is InChI=1S/C15H19ClN2O2/c1-3-9(2)17-14(19)12-8-13(12)15(20)18-11-6-4-10(16)5-7-11/h4-7,9,12-13H,3,8H2,1-2H3,(H,17,19)(H,18,20). The van der Waals surface area contributed by atoms with E-state index in [1.165, 1.54) is 0 Å². The molecule has 1 aliphatic rings. The maximum absolute atomic E-state index is 12.0. The van der Waals surface area contributed by atoms with Crippen molar-refractivity contribution in [1.82, 2.24) is 5.32 Å². The highest BCUT2D eigenvalue weighted by Crippen LogP contribution is 2.39. The minimum Gasteiger partial charge on any atom is -0.353 e. The van der Waals surface area contributed by atoms with Gasteiger partial charge in [-0.3, -0.25) is 9.59 Å². The molecule has 3 atom stereocenters. The van der Waals surface area contributed by atoms with Crippen LogP contribution in [0.5, 0.6) is 0 Å². The molecule has 0 bridgehead atoms. The summed E-state index contributed by atoms with van der Waals surface area (Å²) in [6.45, 7) is 3.98. The number of carbonyl (C=O) groups is 2. The first-order valence-electron chi connectivity index (χ1n) is 6.88. The van der Waals surface area contributed by atoms with Gasteiger partial charge in [0.1, 0.15) is 0 Å². The van der Waals surface area contributed by atoms with Gasteiger partial charge in [-0.15, -0.1) is 0 Å². The molecule has 1 saturated carbocycles. The number of carbonyl (C=O) groups excluding carboxylic acids is 2. The van der Waals surface area contributed by atoms with Gasteiger partial charge < -0.3 is 10.6 Å². The minimum atomic E-state index is -0.213. The Bertz CT molecular complexity index is 501. The highest BCUT2D eigenvalue weighted by molar-refractivity contribution is 6.30. The molecule has 2 rings (SSSR count). The first-order chi connectivity index (χ1) is 9.51. The summed E-state index contributed by atoms with van der Waals surface area (Å²) in [6.07, 6.45) is 1.52. The maximum atomic E-state index is 12.0. The maximum Gasteiger partial charge on any atom is 0.228 e. The Balaban J connectivity index is 1.84. The quantitative estimate of drug-likeness (QED) is 0.877. The molecule has 0 radical (unpaired) electrons. The number of amides is 2. The van der Waals surface area contributed by atoms with Gasteiger partial charge in [0, 0.05) is 16.8 Å². The van der Waals surface area contributed by atoms with E-state index in [9.17, 15) is 9.59 Å². The Morgan fingerprint density at radius 3 is 2.45 bits per heavy atom. The molecule has 0 spiro atoms. The highest BCUT2D eigenvalue weighted by atomic mass is 35.5. The van der Waals surface area contributed by atoms with E-state index in [4.69, 9.17) is 11.6 Å². The van der Waals surface area contributed by atoms with Gasteiger partial charge in [-0.1, -0.05) is 18.5 Å². The van der Waals surface area contributed by atoms with Crippen LogP contribution in [0, 0.1) is 11.8 Å². The van der Waals surface area contributed by atoms with Gasteiger partial charge in [0.2, 0.25) is 11.8 Å². The van der Waals surface area contributed by atoms with Crippen LogP contribution in [0.2, 0.25) is 5.02 Å². The molecule has 1 aromatic carbocycles. The average molecular weight is 295 g/mol. The second kappa shape index (κ2) is 6.27. The van der Waals surface area contributed by atoms with Crippen molar-refractivity contribution in [1.29, 1.82) is 0 Å². The van der Waals surface area contributed by atoms with E-state index in [0.29, 0.717) is 17.1 Å². The fourth-order valence-electron chi connectivity index (χ4n) is 1.99. The van der Waals surface area contributed by atoms with Crippen molar-refractivity contribution < 1.29 is 9.59 Å². The van der Waals surface area contributed by atoms with E-state index < -0.39 is 0 Å². The van der Waals surface area contributed by atoms with E-state index in [1.807, 2.05) is 13.8 Å². The fourth-order valence-corrected chi connectivity index (χ4v) is 2.12. The van der Waals surface area contributed by atoms with Gasteiger partial charge in [0.15, 0.2) is 0 Å². The Morgan fingerprint density at radius 1 is 1.25 bits per heavy atom. The minimum absolute atomic E-state index is 0.0180. The third kappa shape index (κ3) is 3.73. The molecule has 3 unspecified atom stereocenters. The number of halogens is 1. The van der Waals surface area contributed by atoms with Crippen LogP contribution in [-0.2, 0) is 9.59 Å². The lowest BCUT2D eigenvalue weighted by Gasteiger charge is -2.11. The summed E-state index contributed by atoms with van der Waals surface area (Å²) in [6, 6.07) is 7.09. The molecule has 4 nitrogen and oxygen atoms in total. The summed E-state index contributed by atoms with van der Waals surface area (Å²) < 4.78 is 0. The first-order valence-corrected chi connectivity index (χ1v) is 7.26. The lowest BCUT2D eigenvalue weighted by atomic mass is 10.2. The van der Waals surface area contributed by atoms with Gasteiger partial charge in [-0.2, -0.15) is 0 Å². The summed E-state index contributed by atoms with van der Waals surface area (Å²) in [5.74, 6) is -0.515. The number of nitrogens with one attached hydrogen (secondary N) is 2. The molecule has 2 N–H and O–H groups in total. The summed E-state index contributed by atoms with van der Waals surface area (Å²) in [7, 11) is 0. The number of hydrogen-bond donors (Lipinski definition) is 2. The van der Waals surface area contributed by atoms with Gasteiger partial charge in [-0.25, -0.2) is 0 Å². The van der Waals surface area contributed by atoms with Gasteiger partial charge in [0.05, 0.1) is 11.8 Å². The Labute approximate surface area is 123 Å². The predicted molar refractivity (Wildman–Crippen MR) is 79.6 cm³/mol. The van der Waals surface area contributed by atoms with Crippen LogP contribution in [0.4, 0.5) is 5.69 Å². The highest BCUT2D eigenvalue weighted by Gasteiger charge is 2.48. The van der Waals surface area contributed by atoms with Crippen LogP contribution in [0.25, 0.3) is 0 Å². The zero-order chi connectivity index (χ0) is 14.7. The van der Waals surface area contributed by atoms with Crippen molar-refractivity contribution in [2.75, 3.05) is 5.32 Å². The van der Waals surface area contributed by atoms with E-state index in [-0.39, 0.29) is 29.7 Å². The SMILES string of the molecule is CCC(C)NC(=O)C1CC1C(=O)Nc1ccc(Cl)cc1. The summed E-state index contributed by atoms with van der Waals surface area (Å²) >= 11 is 5.78. The summed E-state index contributed by atoms with van der Waals surface area (Å²) in [5.41, 5.74) is 0.701. The van der Waals surface area contributed by atoms with E-state index in [0.717, 1.165) is 6.42 Å². The zero-order valence-electron chi connectivity index (χ0n) is 11.7. The van der Waals surface area contributed by atoms with Crippen LogP contribution in [0.3, 0.4) is 0 Å². The molecule has 0 heterocycles. The summed E-state index contributed by atoms with van der Waals surface area (Å²) in [4.78, 5) is 23.9. The monoisotopic (exact) mass is 294 g/mol. The Morgan fingerprint density at radius 2 is 1.85 bits per heavy atom. The molecule has 108 valence electrons. The van der Waals surface area contributed by atoms with Crippen molar-refractivity contribution in [2.45, 2.75) is 32.7 Å². The zero-order valence-corrected chi connectivity index (χ0v) is 12.4. The van der Waals surface area contributed by atoms with Crippen molar-refractivity contribution in [3.05, 3.63) is 29.3 Å². The van der Waals surface area contributed by atoms with Gasteiger partial charge in [0.25, 0.3) is 0 Å². The third-order valence-corrected chi connectivity index (χ3v) is 3.83. The van der Waals surface area contributed by atoms with Crippen molar-refractivity contribution in [3.63, 3.8) is 0 Å². The van der Waals surface area contributed by atoms with E-state index in [2.05, 4.69) is 10.6 Å². The van der Waals surface area contributed by atoms with Crippen LogP contribution in [0.15, 0.2) is 24.3 Å². The van der Waals surface area contributed by atoms with Gasteiger partial charge >= 0.3 is 0 Å². The van der Waals surface area contributed by atoms with Crippen LogP contribution in [-0.4, -0.2) is 17.9 Å². The molecule has 5 heteroatoms. The van der Waals surface area contributed by atoms with Crippen LogP contribution < -0.4 is 10.6 Å². The molecule has 1 fully saturated rings. The molecule has 0 saturated heterocycles. The smallest absolute Gasteiger partial charge is 0.228 e. The van der Waals surface area contributed by atoms with E-state index >= 15 is 0 Å². The molecule has 1 aliphatic carbocycles. The normalized spacial score (nSPS) is 21.9. The second-order valence-corrected chi connectivity index (χ2v) is 5.70. The molecule has 2 amide bonds. The molecule has 20 heavy (non-hydrogen) atoms. The van der Waals surface area contributed by atoms with Crippen molar-refractivity contribution in [2.24, 2.45) is 11.8 Å². The Kier molecular flexibility index (Phi) is 4.65. The van der Waals surface area contributed by atoms with Crippen molar-refractivity contribution in [3.8, 4) is 0 Å². The molecular weight excluding hydrogens is 276 g/mol. The lowest BCUT2D eigenvalue weighted by molar-refractivity contribution is -0.125. The second-order valence-electron chi connectivity index (χ2n) is 5.26. The van der Waals surface area contributed by atoms with E-state index in [1.54, 1.807) is 24.3 Å². The number of benzene rings is 1. The number of hydrogen-bond acceptors (Lipinski definition) is 2. The average Bonchev–Trinajstić information content (AvgIpc) is 3.21.